The molecule has 2 aromatic rings. The van der Waals surface area contributed by atoms with Crippen molar-refractivity contribution in [3.8, 4) is 0 Å². The number of anilines is 4. The molecule has 41 heavy (non-hydrogen) atoms. The summed E-state index contributed by atoms with van der Waals surface area (Å²) in [5, 5.41) is 15.8. The fraction of sp³-hybridized carbons (Fsp3) is 0.606. The quantitative estimate of drug-likeness (QED) is 0.475. The fourth-order valence-corrected chi connectivity index (χ4v) is 8.66. The molecule has 2 aliphatic heterocycles. The van der Waals surface area contributed by atoms with E-state index in [1.165, 1.54) is 5.69 Å². The molecule has 8 nitrogen and oxygen atoms in total. The summed E-state index contributed by atoms with van der Waals surface area (Å²) < 4.78 is 6.02. The van der Waals surface area contributed by atoms with Gasteiger partial charge < -0.3 is 29.8 Å². The first-order chi connectivity index (χ1) is 19.8. The van der Waals surface area contributed by atoms with Gasteiger partial charge in [0.1, 0.15) is 0 Å². The molecule has 4 bridgehead atoms. The Morgan fingerprint density at radius 1 is 0.902 bits per heavy atom. The number of nitrogens with one attached hydrogen (secondary N) is 1. The number of amides is 1. The first-order valence-corrected chi connectivity index (χ1v) is 15.7. The summed E-state index contributed by atoms with van der Waals surface area (Å²) in [6.45, 7) is 7.54. The number of ether oxygens (including phenoxy) is 1. The molecule has 6 aliphatic rings. The van der Waals surface area contributed by atoms with Crippen molar-refractivity contribution in [3.63, 3.8) is 0 Å². The first kappa shape index (κ1) is 26.9. The third-order valence-corrected chi connectivity index (χ3v) is 10.1. The third kappa shape index (κ3) is 5.37. The van der Waals surface area contributed by atoms with Crippen LogP contribution in [0, 0.1) is 17.8 Å². The van der Waals surface area contributed by atoms with E-state index in [9.17, 15) is 9.90 Å². The van der Waals surface area contributed by atoms with Crippen LogP contribution in [0.1, 0.15) is 58.8 Å². The Hall–Kier alpha value is -2.97. The van der Waals surface area contributed by atoms with Crippen LogP contribution in [0.25, 0.3) is 0 Å². The normalized spacial score (nSPS) is 31.0. The smallest absolute Gasteiger partial charge is 0.390 e. The molecule has 5 atom stereocenters. The second-order valence-electron chi connectivity index (χ2n) is 13.4. The van der Waals surface area contributed by atoms with Gasteiger partial charge in [-0.25, -0.2) is 9.86 Å². The molecule has 0 aromatic heterocycles. The standard InChI is InChI=1S/C33H44N4O4/c1-22(2)40-28-11-13-35(14-12-28)26-7-9-27(10-8-26)36-15-16-37(30-6-4-3-5-29(30)36)41-32(38)34-31-24-17-23-18-25(31)21-33(39,19-23)20-24/h3-10,22-25,28,31,39H,11-21H2,1-2H3,(H,34,38)/t23?,24-,25+,31?,33?. The lowest BCUT2D eigenvalue weighted by Gasteiger charge is -2.57. The van der Waals surface area contributed by atoms with Crippen LogP contribution in [0.15, 0.2) is 48.5 Å². The zero-order valence-corrected chi connectivity index (χ0v) is 24.4. The number of hydrogen-bond donors (Lipinski definition) is 2. The topological polar surface area (TPSA) is 77.5 Å². The molecule has 8 heteroatoms. The highest BCUT2D eigenvalue weighted by molar-refractivity contribution is 5.80. The minimum Gasteiger partial charge on any atom is -0.390 e. The van der Waals surface area contributed by atoms with E-state index in [2.05, 4.69) is 59.3 Å². The van der Waals surface area contributed by atoms with Gasteiger partial charge in [0.2, 0.25) is 0 Å². The van der Waals surface area contributed by atoms with E-state index in [0.29, 0.717) is 36.9 Å². The number of hydrogen-bond acceptors (Lipinski definition) is 7. The Morgan fingerprint density at radius 2 is 1.56 bits per heavy atom. The molecule has 4 saturated carbocycles. The SMILES string of the molecule is CC(C)OC1CCN(c2ccc(N3CCN(OC(=O)NC4[C@@H]5CC6C[C@H]4CC(O)(C6)C5)c4ccccc43)cc2)CC1. The van der Waals surface area contributed by atoms with Crippen LogP contribution in [0.3, 0.4) is 0 Å². The minimum absolute atomic E-state index is 0.0999. The van der Waals surface area contributed by atoms with E-state index < -0.39 is 5.60 Å². The molecule has 0 radical (unpaired) electrons. The van der Waals surface area contributed by atoms with Gasteiger partial charge in [-0.15, -0.1) is 0 Å². The van der Waals surface area contributed by atoms with E-state index in [1.807, 2.05) is 18.2 Å². The third-order valence-electron chi connectivity index (χ3n) is 10.1. The average Bonchev–Trinajstić information content (AvgIpc) is 2.95. The molecule has 5 fully saturated rings. The summed E-state index contributed by atoms with van der Waals surface area (Å²) in [4.78, 5) is 23.8. The van der Waals surface area contributed by atoms with E-state index in [-0.39, 0.29) is 18.2 Å². The summed E-state index contributed by atoms with van der Waals surface area (Å²) in [6, 6.07) is 17.1. The molecule has 220 valence electrons. The highest BCUT2D eigenvalue weighted by Gasteiger charge is 2.55. The number of carbonyl (C=O) groups excluding carboxylic acids is 1. The Balaban J connectivity index is 0.994. The lowest BCUT2D eigenvalue weighted by atomic mass is 9.52. The molecule has 1 saturated heterocycles. The Bertz CT molecular complexity index is 1230. The molecule has 0 spiro atoms. The van der Waals surface area contributed by atoms with Gasteiger partial charge in [-0.3, -0.25) is 0 Å². The van der Waals surface area contributed by atoms with Crippen molar-refractivity contribution < 1.29 is 19.5 Å². The van der Waals surface area contributed by atoms with Gasteiger partial charge in [0.05, 0.1) is 35.7 Å². The summed E-state index contributed by atoms with van der Waals surface area (Å²) in [6.07, 6.45) is 7.14. The van der Waals surface area contributed by atoms with Crippen LogP contribution in [-0.2, 0) is 9.57 Å². The summed E-state index contributed by atoms with van der Waals surface area (Å²) in [5.41, 5.74) is 3.80. The Kier molecular flexibility index (Phi) is 7.02. The predicted octanol–water partition coefficient (Wildman–Crippen LogP) is 5.62. The number of fused-ring (bicyclic) bond motifs is 1. The molecular weight excluding hydrogens is 516 g/mol. The van der Waals surface area contributed by atoms with Gasteiger partial charge in [0.25, 0.3) is 0 Å². The van der Waals surface area contributed by atoms with Crippen molar-refractivity contribution >= 4 is 28.8 Å². The summed E-state index contributed by atoms with van der Waals surface area (Å²) >= 11 is 0. The van der Waals surface area contributed by atoms with Crippen molar-refractivity contribution in [3.05, 3.63) is 48.5 Å². The zero-order valence-electron chi connectivity index (χ0n) is 24.4. The van der Waals surface area contributed by atoms with Crippen molar-refractivity contribution in [2.45, 2.75) is 82.6 Å². The van der Waals surface area contributed by atoms with Gasteiger partial charge in [-0.1, -0.05) is 12.1 Å². The minimum atomic E-state index is -0.509. The van der Waals surface area contributed by atoms with Crippen molar-refractivity contribution in [1.82, 2.24) is 5.32 Å². The highest BCUT2D eigenvalue weighted by Crippen LogP contribution is 2.55. The average molecular weight is 561 g/mol. The Labute approximate surface area is 243 Å². The summed E-state index contributed by atoms with van der Waals surface area (Å²) in [5.74, 6) is 1.31. The monoisotopic (exact) mass is 560 g/mol. The van der Waals surface area contributed by atoms with E-state index >= 15 is 0 Å². The predicted molar refractivity (Wildman–Crippen MR) is 161 cm³/mol. The second kappa shape index (κ2) is 10.7. The van der Waals surface area contributed by atoms with Crippen LogP contribution in [0.4, 0.5) is 27.5 Å². The molecular formula is C33H44N4O4. The van der Waals surface area contributed by atoms with Gasteiger partial charge in [0, 0.05) is 37.1 Å². The molecule has 2 heterocycles. The van der Waals surface area contributed by atoms with Crippen LogP contribution >= 0.6 is 0 Å². The van der Waals surface area contributed by atoms with Crippen LogP contribution < -0.4 is 20.2 Å². The first-order valence-electron chi connectivity index (χ1n) is 15.7. The number of para-hydroxylation sites is 2. The fourth-order valence-electron chi connectivity index (χ4n) is 8.66. The largest absolute Gasteiger partial charge is 0.431 e. The molecule has 2 N–H and O–H groups in total. The van der Waals surface area contributed by atoms with E-state index in [4.69, 9.17) is 9.57 Å². The lowest BCUT2D eigenvalue weighted by Crippen LogP contribution is -2.62. The van der Waals surface area contributed by atoms with Crippen molar-refractivity contribution in [1.29, 1.82) is 0 Å². The maximum atomic E-state index is 13.1. The van der Waals surface area contributed by atoms with Gasteiger partial charge in [-0.05, 0) is 113 Å². The maximum Gasteiger partial charge on any atom is 0.431 e. The molecule has 3 unspecified atom stereocenters. The Morgan fingerprint density at radius 3 is 2.22 bits per heavy atom. The molecule has 2 aromatic carbocycles. The van der Waals surface area contributed by atoms with Gasteiger partial charge in [0.15, 0.2) is 0 Å². The van der Waals surface area contributed by atoms with Gasteiger partial charge >= 0.3 is 6.09 Å². The number of carbonyl (C=O) groups is 1. The number of aliphatic hydroxyl groups is 1. The van der Waals surface area contributed by atoms with Crippen LogP contribution in [0.2, 0.25) is 0 Å². The zero-order chi connectivity index (χ0) is 28.1. The van der Waals surface area contributed by atoms with Crippen molar-refractivity contribution in [2.75, 3.05) is 41.0 Å². The maximum absolute atomic E-state index is 13.1. The van der Waals surface area contributed by atoms with E-state index in [1.54, 1.807) is 5.06 Å². The number of hydroxylamine groups is 1. The highest BCUT2D eigenvalue weighted by atomic mass is 16.7. The number of rotatable bonds is 6. The molecule has 4 aliphatic carbocycles. The van der Waals surface area contributed by atoms with Crippen molar-refractivity contribution in [2.24, 2.45) is 17.8 Å². The van der Waals surface area contributed by atoms with E-state index in [0.717, 1.165) is 75.1 Å². The van der Waals surface area contributed by atoms with Gasteiger partial charge in [-0.2, -0.15) is 0 Å². The summed E-state index contributed by atoms with van der Waals surface area (Å²) in [7, 11) is 0. The lowest BCUT2D eigenvalue weighted by molar-refractivity contribution is -0.137. The van der Waals surface area contributed by atoms with Crippen LogP contribution in [0.5, 0.6) is 0 Å². The number of benzene rings is 2. The van der Waals surface area contributed by atoms with Crippen LogP contribution in [-0.4, -0.2) is 61.2 Å². The number of piperidine rings is 1. The number of nitrogens with zero attached hydrogens (tertiary/aromatic N) is 3. The molecule has 1 amide bonds. The molecule has 8 rings (SSSR count). The second-order valence-corrected chi connectivity index (χ2v) is 13.4.